The molecule has 3 N–H and O–H groups in total. The van der Waals surface area contributed by atoms with Crippen LogP contribution in [0.3, 0.4) is 0 Å². The summed E-state index contributed by atoms with van der Waals surface area (Å²) in [4.78, 5) is 3.96. The Morgan fingerprint density at radius 2 is 2.14 bits per heavy atom. The fourth-order valence-electron chi connectivity index (χ4n) is 1.17. The lowest BCUT2D eigenvalue weighted by atomic mass is 10.2. The number of aliphatic hydroxyl groups excluding tert-OH is 1. The van der Waals surface area contributed by atoms with Gasteiger partial charge in [0.05, 0.1) is 6.61 Å². The van der Waals surface area contributed by atoms with Crippen molar-refractivity contribution in [2.45, 2.75) is 17.4 Å². The molecule has 0 amide bonds. The molecule has 14 heavy (non-hydrogen) atoms. The van der Waals surface area contributed by atoms with Gasteiger partial charge in [0, 0.05) is 29.4 Å². The third kappa shape index (κ3) is 3.29. The Bertz CT molecular complexity index is 256. The van der Waals surface area contributed by atoms with E-state index in [4.69, 9.17) is 10.8 Å². The van der Waals surface area contributed by atoms with Crippen LogP contribution in [-0.4, -0.2) is 28.5 Å². The summed E-state index contributed by atoms with van der Waals surface area (Å²) in [6.45, 7) is 2.76. The summed E-state index contributed by atoms with van der Waals surface area (Å²) in [6, 6.07) is 3.93. The van der Waals surface area contributed by atoms with Crippen molar-refractivity contribution in [1.82, 2.24) is 4.98 Å². The predicted octanol–water partition coefficient (Wildman–Crippen LogP) is 1.20. The number of aromatic nitrogens is 1. The highest BCUT2D eigenvalue weighted by molar-refractivity contribution is 8.00. The molecule has 0 spiro atoms. The van der Waals surface area contributed by atoms with Crippen molar-refractivity contribution >= 4 is 11.8 Å². The van der Waals surface area contributed by atoms with Gasteiger partial charge in [0.1, 0.15) is 0 Å². The lowest BCUT2D eigenvalue weighted by Crippen LogP contribution is -2.14. The molecule has 0 aliphatic rings. The number of hydrogen-bond donors (Lipinski definition) is 2. The Hall–Kier alpha value is -0.580. The molecular formula is C10H16N2OS. The topological polar surface area (TPSA) is 59.1 Å². The Kier molecular flexibility index (Phi) is 4.93. The van der Waals surface area contributed by atoms with Crippen molar-refractivity contribution in [3.05, 3.63) is 30.1 Å². The van der Waals surface area contributed by atoms with Crippen LogP contribution in [-0.2, 0) is 0 Å². The first-order chi connectivity index (χ1) is 6.77. The molecule has 1 rings (SSSR count). The summed E-state index contributed by atoms with van der Waals surface area (Å²) < 4.78 is 0. The van der Waals surface area contributed by atoms with E-state index in [2.05, 4.69) is 4.98 Å². The summed E-state index contributed by atoms with van der Waals surface area (Å²) in [7, 11) is 0. The zero-order chi connectivity index (χ0) is 10.4. The van der Waals surface area contributed by atoms with Gasteiger partial charge in [-0.05, 0) is 17.7 Å². The van der Waals surface area contributed by atoms with Gasteiger partial charge in [-0.3, -0.25) is 4.98 Å². The van der Waals surface area contributed by atoms with Gasteiger partial charge in [0.25, 0.3) is 0 Å². The van der Waals surface area contributed by atoms with Gasteiger partial charge >= 0.3 is 0 Å². The van der Waals surface area contributed by atoms with E-state index >= 15 is 0 Å². The minimum absolute atomic E-state index is 0.187. The van der Waals surface area contributed by atoms with Crippen molar-refractivity contribution in [1.29, 1.82) is 0 Å². The van der Waals surface area contributed by atoms with E-state index in [1.807, 2.05) is 19.1 Å². The van der Waals surface area contributed by atoms with Crippen LogP contribution in [0.4, 0.5) is 0 Å². The number of thioether (sulfide) groups is 1. The molecule has 1 aromatic heterocycles. The lowest BCUT2D eigenvalue weighted by Gasteiger charge is -2.17. The van der Waals surface area contributed by atoms with Gasteiger partial charge in [-0.1, -0.05) is 6.92 Å². The van der Waals surface area contributed by atoms with E-state index < -0.39 is 0 Å². The molecule has 78 valence electrons. The van der Waals surface area contributed by atoms with Crippen LogP contribution in [0.2, 0.25) is 0 Å². The molecule has 0 aromatic carbocycles. The molecule has 2 unspecified atom stereocenters. The number of nitrogens with two attached hydrogens (primary N) is 1. The van der Waals surface area contributed by atoms with Crippen LogP contribution < -0.4 is 5.73 Å². The Labute approximate surface area is 88.7 Å². The molecule has 0 saturated heterocycles. The molecule has 4 heteroatoms. The molecule has 1 aromatic rings. The number of rotatable bonds is 5. The van der Waals surface area contributed by atoms with Crippen molar-refractivity contribution in [3.8, 4) is 0 Å². The van der Waals surface area contributed by atoms with Crippen LogP contribution in [0.1, 0.15) is 17.7 Å². The number of nitrogens with zero attached hydrogens (tertiary/aromatic N) is 1. The summed E-state index contributed by atoms with van der Waals surface area (Å²) >= 11 is 1.69. The van der Waals surface area contributed by atoms with Crippen molar-refractivity contribution in [3.63, 3.8) is 0 Å². The van der Waals surface area contributed by atoms with Crippen LogP contribution in [0.5, 0.6) is 0 Å². The average molecular weight is 212 g/mol. The van der Waals surface area contributed by atoms with Crippen LogP contribution >= 0.6 is 11.8 Å². The molecule has 0 radical (unpaired) electrons. The van der Waals surface area contributed by atoms with E-state index in [0.717, 1.165) is 0 Å². The van der Waals surface area contributed by atoms with E-state index in [0.29, 0.717) is 6.54 Å². The SMILES string of the molecule is CC(CO)SC(CN)c1ccncc1. The maximum atomic E-state index is 8.95. The highest BCUT2D eigenvalue weighted by Crippen LogP contribution is 2.30. The molecule has 2 atom stereocenters. The third-order valence-corrected chi connectivity index (χ3v) is 3.35. The molecule has 0 bridgehead atoms. The fraction of sp³-hybridized carbons (Fsp3) is 0.500. The van der Waals surface area contributed by atoms with Crippen molar-refractivity contribution in [2.24, 2.45) is 5.73 Å². The molecular weight excluding hydrogens is 196 g/mol. The lowest BCUT2D eigenvalue weighted by molar-refractivity contribution is 0.300. The second-order valence-electron chi connectivity index (χ2n) is 3.13. The minimum atomic E-state index is 0.187. The maximum absolute atomic E-state index is 8.95. The average Bonchev–Trinajstić information content (AvgIpc) is 2.26. The smallest absolute Gasteiger partial charge is 0.0547 e. The third-order valence-electron chi connectivity index (χ3n) is 1.95. The summed E-state index contributed by atoms with van der Waals surface area (Å²) in [5.74, 6) is 0. The van der Waals surface area contributed by atoms with Crippen LogP contribution in [0, 0.1) is 0 Å². The first kappa shape index (κ1) is 11.5. The molecule has 0 saturated carbocycles. The van der Waals surface area contributed by atoms with E-state index in [1.165, 1.54) is 5.56 Å². The highest BCUT2D eigenvalue weighted by Gasteiger charge is 2.13. The minimum Gasteiger partial charge on any atom is -0.395 e. The Morgan fingerprint density at radius 1 is 1.50 bits per heavy atom. The van der Waals surface area contributed by atoms with Gasteiger partial charge in [0.15, 0.2) is 0 Å². The van der Waals surface area contributed by atoms with Gasteiger partial charge < -0.3 is 10.8 Å². The molecule has 3 nitrogen and oxygen atoms in total. The number of pyridine rings is 1. The maximum Gasteiger partial charge on any atom is 0.0547 e. The summed E-state index contributed by atoms with van der Waals surface area (Å²) in [5, 5.41) is 9.42. The second kappa shape index (κ2) is 6.01. The Balaban J connectivity index is 2.63. The summed E-state index contributed by atoms with van der Waals surface area (Å²) in [5.41, 5.74) is 6.86. The molecule has 0 aliphatic heterocycles. The fourth-order valence-corrected chi connectivity index (χ4v) is 2.24. The standard InChI is InChI=1S/C10H16N2OS/c1-8(7-13)14-10(6-11)9-2-4-12-5-3-9/h2-5,8,10,13H,6-7,11H2,1H3. The molecule has 1 heterocycles. The first-order valence-electron chi connectivity index (χ1n) is 4.64. The van der Waals surface area contributed by atoms with Gasteiger partial charge in [-0.25, -0.2) is 0 Å². The predicted molar refractivity (Wildman–Crippen MR) is 60.2 cm³/mol. The van der Waals surface area contributed by atoms with Crippen LogP contribution in [0.15, 0.2) is 24.5 Å². The number of aliphatic hydroxyl groups is 1. The van der Waals surface area contributed by atoms with Crippen molar-refractivity contribution in [2.75, 3.05) is 13.2 Å². The molecule has 0 fully saturated rings. The van der Waals surface area contributed by atoms with E-state index in [-0.39, 0.29) is 17.1 Å². The first-order valence-corrected chi connectivity index (χ1v) is 5.58. The van der Waals surface area contributed by atoms with Gasteiger partial charge in [0.2, 0.25) is 0 Å². The summed E-state index contributed by atoms with van der Waals surface area (Å²) in [6.07, 6.45) is 3.53. The van der Waals surface area contributed by atoms with Crippen molar-refractivity contribution < 1.29 is 5.11 Å². The largest absolute Gasteiger partial charge is 0.395 e. The zero-order valence-electron chi connectivity index (χ0n) is 8.26. The normalized spacial score (nSPS) is 15.1. The Morgan fingerprint density at radius 3 is 2.64 bits per heavy atom. The quantitative estimate of drug-likeness (QED) is 0.770. The van der Waals surface area contributed by atoms with Gasteiger partial charge in [-0.2, -0.15) is 0 Å². The second-order valence-corrected chi connectivity index (χ2v) is 4.78. The van der Waals surface area contributed by atoms with Gasteiger partial charge in [-0.15, -0.1) is 11.8 Å². The van der Waals surface area contributed by atoms with E-state index in [9.17, 15) is 0 Å². The monoisotopic (exact) mass is 212 g/mol. The molecule has 0 aliphatic carbocycles. The van der Waals surface area contributed by atoms with E-state index in [1.54, 1.807) is 24.2 Å². The highest BCUT2D eigenvalue weighted by atomic mass is 32.2. The number of hydrogen-bond acceptors (Lipinski definition) is 4. The van der Waals surface area contributed by atoms with Crippen LogP contribution in [0.25, 0.3) is 0 Å². The zero-order valence-corrected chi connectivity index (χ0v) is 9.07.